The first-order chi connectivity index (χ1) is 26.3. The zero-order valence-electron chi connectivity index (χ0n) is 29.3. The molecule has 250 valence electrons. The van der Waals surface area contributed by atoms with Crippen molar-refractivity contribution < 1.29 is 0 Å². The van der Waals surface area contributed by atoms with Gasteiger partial charge in [0, 0.05) is 17.1 Å². The molecule has 0 bridgehead atoms. The maximum atomic E-state index is 2.35. The molecule has 0 saturated carbocycles. The molecule has 0 N–H and O–H groups in total. The minimum absolute atomic E-state index is 1.10. The van der Waals surface area contributed by atoms with Crippen LogP contribution in [0.25, 0.3) is 66.4 Å². The normalized spacial score (nSPS) is 11.0. The number of benzene rings is 9. The Kier molecular flexibility index (Phi) is 8.66. The maximum Gasteiger partial charge on any atom is 0.0468 e. The number of nitrogens with zero attached hydrogens (tertiary/aromatic N) is 1. The van der Waals surface area contributed by atoms with Gasteiger partial charge in [-0.1, -0.05) is 182 Å². The number of hydrogen-bond acceptors (Lipinski definition) is 1. The lowest BCUT2D eigenvalue weighted by Crippen LogP contribution is -2.09. The number of anilines is 3. The summed E-state index contributed by atoms with van der Waals surface area (Å²) in [7, 11) is 0. The summed E-state index contributed by atoms with van der Waals surface area (Å²) in [5.74, 6) is 0. The molecule has 1 heteroatoms. The highest BCUT2D eigenvalue weighted by Crippen LogP contribution is 2.40. The molecule has 0 atom stereocenters. The minimum Gasteiger partial charge on any atom is -0.310 e. The van der Waals surface area contributed by atoms with Gasteiger partial charge in [0.05, 0.1) is 0 Å². The quantitative estimate of drug-likeness (QED) is 0.155. The van der Waals surface area contributed by atoms with E-state index in [-0.39, 0.29) is 0 Å². The summed E-state index contributed by atoms with van der Waals surface area (Å²) in [5, 5.41) is 2.45. The Morgan fingerprint density at radius 1 is 0.208 bits per heavy atom. The fourth-order valence-corrected chi connectivity index (χ4v) is 7.30. The molecule has 0 heterocycles. The SMILES string of the molecule is c1ccc(-c2ccc(-c3ccc(N(c4ccc(-c5ccc(-c6ccccc6)c(-c6ccccc6)c5)cc4)c4ccc5ccccc5c4)cc3)cc2)cc1. The second kappa shape index (κ2) is 14.3. The van der Waals surface area contributed by atoms with Crippen molar-refractivity contribution in [3.8, 4) is 55.6 Å². The van der Waals surface area contributed by atoms with Crippen LogP contribution in [0.15, 0.2) is 224 Å². The van der Waals surface area contributed by atoms with Gasteiger partial charge in [0.2, 0.25) is 0 Å². The van der Waals surface area contributed by atoms with Crippen molar-refractivity contribution in [3.63, 3.8) is 0 Å². The van der Waals surface area contributed by atoms with Crippen molar-refractivity contribution in [1.82, 2.24) is 0 Å². The molecule has 0 fully saturated rings. The van der Waals surface area contributed by atoms with Crippen LogP contribution in [-0.2, 0) is 0 Å². The van der Waals surface area contributed by atoms with Crippen molar-refractivity contribution in [2.45, 2.75) is 0 Å². The molecule has 0 unspecified atom stereocenters. The summed E-state index contributed by atoms with van der Waals surface area (Å²) in [6.45, 7) is 0. The van der Waals surface area contributed by atoms with E-state index in [1.54, 1.807) is 0 Å². The summed E-state index contributed by atoms with van der Waals surface area (Å²) >= 11 is 0. The Balaban J connectivity index is 1.07. The molecule has 0 amide bonds. The third-order valence-corrected chi connectivity index (χ3v) is 10.1. The average molecular weight is 676 g/mol. The van der Waals surface area contributed by atoms with Crippen LogP contribution in [0.2, 0.25) is 0 Å². The molecule has 9 aromatic rings. The van der Waals surface area contributed by atoms with Gasteiger partial charge < -0.3 is 4.90 Å². The zero-order valence-corrected chi connectivity index (χ0v) is 29.3. The molecule has 0 saturated heterocycles. The van der Waals surface area contributed by atoms with Crippen LogP contribution in [0, 0.1) is 0 Å². The van der Waals surface area contributed by atoms with Crippen LogP contribution in [0.4, 0.5) is 17.1 Å². The largest absolute Gasteiger partial charge is 0.310 e. The van der Waals surface area contributed by atoms with Crippen molar-refractivity contribution in [3.05, 3.63) is 224 Å². The molecule has 9 aromatic carbocycles. The molecule has 1 nitrogen and oxygen atoms in total. The van der Waals surface area contributed by atoms with Gasteiger partial charge in [-0.05, 0) is 109 Å². The predicted molar refractivity (Wildman–Crippen MR) is 226 cm³/mol. The van der Waals surface area contributed by atoms with Crippen LogP contribution >= 0.6 is 0 Å². The highest BCUT2D eigenvalue weighted by atomic mass is 15.1. The van der Waals surface area contributed by atoms with E-state index in [1.807, 2.05) is 0 Å². The van der Waals surface area contributed by atoms with Gasteiger partial charge in [-0.25, -0.2) is 0 Å². The van der Waals surface area contributed by atoms with E-state index < -0.39 is 0 Å². The lowest BCUT2D eigenvalue weighted by Gasteiger charge is -2.26. The number of rotatable bonds is 8. The van der Waals surface area contributed by atoms with E-state index >= 15 is 0 Å². The number of hydrogen-bond donors (Lipinski definition) is 0. The van der Waals surface area contributed by atoms with E-state index in [0.717, 1.165) is 17.1 Å². The minimum atomic E-state index is 1.10. The van der Waals surface area contributed by atoms with Crippen LogP contribution in [-0.4, -0.2) is 0 Å². The van der Waals surface area contributed by atoms with Crippen molar-refractivity contribution in [1.29, 1.82) is 0 Å². The Morgan fingerprint density at radius 2 is 0.585 bits per heavy atom. The maximum absolute atomic E-state index is 2.35. The van der Waals surface area contributed by atoms with Gasteiger partial charge in [-0.3, -0.25) is 0 Å². The van der Waals surface area contributed by atoms with Gasteiger partial charge in [0.15, 0.2) is 0 Å². The fourth-order valence-electron chi connectivity index (χ4n) is 7.30. The Labute approximate surface area is 311 Å². The van der Waals surface area contributed by atoms with Gasteiger partial charge in [0.25, 0.3) is 0 Å². The summed E-state index contributed by atoms with van der Waals surface area (Å²) in [6, 6.07) is 80.8. The monoisotopic (exact) mass is 675 g/mol. The Hall–Kier alpha value is -6.96. The molecule has 0 aromatic heterocycles. The zero-order chi connectivity index (χ0) is 35.4. The van der Waals surface area contributed by atoms with Gasteiger partial charge in [-0.15, -0.1) is 0 Å². The van der Waals surface area contributed by atoms with Gasteiger partial charge in [-0.2, -0.15) is 0 Å². The Morgan fingerprint density at radius 3 is 1.13 bits per heavy atom. The van der Waals surface area contributed by atoms with Crippen molar-refractivity contribution >= 4 is 27.8 Å². The van der Waals surface area contributed by atoms with Gasteiger partial charge >= 0.3 is 0 Å². The van der Waals surface area contributed by atoms with Crippen molar-refractivity contribution in [2.75, 3.05) is 4.90 Å². The third-order valence-electron chi connectivity index (χ3n) is 10.1. The standard InChI is InChI=1S/C52H37N/c1-4-12-38(13-5-1)40-20-22-41(23-21-40)42-24-30-48(31-25-42)53(50-34-28-39-14-10-11-19-46(39)36-50)49-32-26-43(27-33-49)47-29-35-51(44-15-6-2-7-16-44)52(37-47)45-17-8-3-9-18-45/h1-37H. The first kappa shape index (κ1) is 32.0. The molecule has 0 aliphatic carbocycles. The molecule has 0 aliphatic heterocycles. The highest BCUT2D eigenvalue weighted by Gasteiger charge is 2.15. The molecule has 9 rings (SSSR count). The topological polar surface area (TPSA) is 3.24 Å². The highest BCUT2D eigenvalue weighted by molar-refractivity contribution is 5.91. The molecule has 53 heavy (non-hydrogen) atoms. The van der Waals surface area contributed by atoms with Crippen LogP contribution in [0.3, 0.4) is 0 Å². The lowest BCUT2D eigenvalue weighted by atomic mass is 9.91. The molecule has 0 aliphatic rings. The summed E-state index contributed by atoms with van der Waals surface area (Å²) < 4.78 is 0. The van der Waals surface area contributed by atoms with Crippen LogP contribution in [0.5, 0.6) is 0 Å². The first-order valence-corrected chi connectivity index (χ1v) is 18.2. The summed E-state index contributed by atoms with van der Waals surface area (Å²) in [6.07, 6.45) is 0. The molecule has 0 radical (unpaired) electrons. The molecular weight excluding hydrogens is 639 g/mol. The fraction of sp³-hybridized carbons (Fsp3) is 0. The third kappa shape index (κ3) is 6.65. The molecule has 0 spiro atoms. The number of fused-ring (bicyclic) bond motifs is 1. The van der Waals surface area contributed by atoms with E-state index in [4.69, 9.17) is 0 Å². The second-order valence-electron chi connectivity index (χ2n) is 13.4. The Bertz CT molecular complexity index is 2610. The predicted octanol–water partition coefficient (Wildman–Crippen LogP) is 14.6. The second-order valence-corrected chi connectivity index (χ2v) is 13.4. The van der Waals surface area contributed by atoms with Crippen molar-refractivity contribution in [2.24, 2.45) is 0 Å². The summed E-state index contributed by atoms with van der Waals surface area (Å²) in [4.78, 5) is 2.35. The smallest absolute Gasteiger partial charge is 0.0468 e. The van der Waals surface area contributed by atoms with Crippen LogP contribution in [0.1, 0.15) is 0 Å². The lowest BCUT2D eigenvalue weighted by molar-refractivity contribution is 1.29. The first-order valence-electron chi connectivity index (χ1n) is 18.2. The van der Waals surface area contributed by atoms with E-state index in [1.165, 1.54) is 66.4 Å². The van der Waals surface area contributed by atoms with Gasteiger partial charge in [0.1, 0.15) is 0 Å². The van der Waals surface area contributed by atoms with E-state index in [2.05, 4.69) is 229 Å². The summed E-state index contributed by atoms with van der Waals surface area (Å²) in [5.41, 5.74) is 15.4. The van der Waals surface area contributed by atoms with Crippen LogP contribution < -0.4 is 4.90 Å². The molecular formula is C52H37N. The average Bonchev–Trinajstić information content (AvgIpc) is 3.25. The van der Waals surface area contributed by atoms with E-state index in [9.17, 15) is 0 Å². The van der Waals surface area contributed by atoms with E-state index in [0.29, 0.717) is 0 Å².